The average Bonchev–Trinajstić information content (AvgIpc) is 3.19. The Morgan fingerprint density at radius 2 is 0.929 bits per heavy atom. The van der Waals surface area contributed by atoms with Crippen molar-refractivity contribution in [2.45, 2.75) is 234 Å². The van der Waals surface area contributed by atoms with Crippen molar-refractivity contribution in [2.75, 3.05) is 13.2 Å². The maximum Gasteiger partial charge on any atom is 0.397 e. The quantitative estimate of drug-likeness (QED) is 0.0501. The number of benzene rings is 2. The lowest BCUT2D eigenvalue weighted by Gasteiger charge is -2.23. The summed E-state index contributed by atoms with van der Waals surface area (Å²) < 4.78 is 19.7. The van der Waals surface area contributed by atoms with E-state index in [9.17, 15) is 0 Å². The molecular weight excluding hydrogens is 704 g/mol. The van der Waals surface area contributed by atoms with Gasteiger partial charge in [-0.15, -0.1) is 0 Å². The summed E-state index contributed by atoms with van der Waals surface area (Å²) >= 11 is 0. The molecule has 4 heteroatoms. The summed E-state index contributed by atoms with van der Waals surface area (Å²) in [5, 5.41) is 0. The summed E-state index contributed by atoms with van der Waals surface area (Å²) in [6.07, 6.45) is 36.2. The second kappa shape index (κ2) is 34.5. The molecule has 2 aromatic carbocycles. The van der Waals surface area contributed by atoms with Crippen molar-refractivity contribution in [3.8, 4) is 5.75 Å². The molecule has 0 heterocycles. The van der Waals surface area contributed by atoms with E-state index in [1.54, 1.807) is 0 Å². The molecule has 0 N–H and O–H groups in total. The fourth-order valence-electron chi connectivity index (χ4n) is 7.76. The molecule has 1 unspecified atom stereocenters. The Bertz CT molecular complexity index is 1150. The van der Waals surface area contributed by atoms with E-state index in [1.165, 1.54) is 157 Å². The molecule has 322 valence electrons. The molecule has 0 radical (unpaired) electrons. The second-order valence-corrected chi connectivity index (χ2v) is 19.0. The summed E-state index contributed by atoms with van der Waals surface area (Å²) in [7, 11) is -1.44. The fourth-order valence-corrected chi connectivity index (χ4v) is 8.84. The van der Waals surface area contributed by atoms with Gasteiger partial charge in [-0.25, -0.2) is 0 Å². The highest BCUT2D eigenvalue weighted by atomic mass is 31.2. The molecule has 2 rings (SSSR count). The van der Waals surface area contributed by atoms with Gasteiger partial charge in [0.05, 0.1) is 13.2 Å². The number of hydrogen-bond acceptors (Lipinski definition) is 3. The standard InChI is InChI=1S/C52H91O3P/c1-8-11-13-15-17-19-21-23-25-27-29-41-53-56(54-42-30-28-26-24-22-20-18-16-14-12-9-2)55-52-40-39-49(44-50(52)38-36-46(6)7)51(32-10-3)48-34-31-33-47(43-48)37-35-45(4)5/h31,33-34,39-40,43-46,51H,8-30,32,35-38,41-42H2,1-7H3. The van der Waals surface area contributed by atoms with Crippen LogP contribution in [0.25, 0.3) is 0 Å². The van der Waals surface area contributed by atoms with E-state index in [0.717, 1.165) is 56.6 Å². The zero-order valence-electron chi connectivity index (χ0n) is 38.2. The van der Waals surface area contributed by atoms with E-state index in [-0.39, 0.29) is 0 Å². The molecule has 0 aliphatic heterocycles. The van der Waals surface area contributed by atoms with Gasteiger partial charge in [-0.2, -0.15) is 0 Å². The van der Waals surface area contributed by atoms with Crippen LogP contribution >= 0.6 is 8.60 Å². The molecule has 1 atom stereocenters. The van der Waals surface area contributed by atoms with Gasteiger partial charge in [0.25, 0.3) is 0 Å². The van der Waals surface area contributed by atoms with E-state index >= 15 is 0 Å². The molecule has 56 heavy (non-hydrogen) atoms. The number of aryl methyl sites for hydroxylation is 2. The highest BCUT2D eigenvalue weighted by molar-refractivity contribution is 7.42. The van der Waals surface area contributed by atoms with Gasteiger partial charge in [0, 0.05) is 5.92 Å². The predicted molar refractivity (Wildman–Crippen MR) is 248 cm³/mol. The van der Waals surface area contributed by atoms with Crippen molar-refractivity contribution < 1.29 is 13.6 Å². The lowest BCUT2D eigenvalue weighted by Crippen LogP contribution is -2.06. The first-order valence-corrected chi connectivity index (χ1v) is 25.4. The van der Waals surface area contributed by atoms with E-state index in [2.05, 4.69) is 90.9 Å². The minimum Gasteiger partial charge on any atom is -0.426 e. The van der Waals surface area contributed by atoms with Crippen LogP contribution in [0.1, 0.15) is 244 Å². The van der Waals surface area contributed by atoms with Gasteiger partial charge >= 0.3 is 8.60 Å². The normalized spacial score (nSPS) is 12.4. The monoisotopic (exact) mass is 795 g/mol. The fraction of sp³-hybridized carbons (Fsp3) is 0.769. The minimum absolute atomic E-state index is 0.391. The molecule has 0 bridgehead atoms. The van der Waals surface area contributed by atoms with Crippen LogP contribution in [-0.2, 0) is 21.9 Å². The smallest absolute Gasteiger partial charge is 0.397 e. The number of rotatable bonds is 38. The lowest BCUT2D eigenvalue weighted by atomic mass is 9.85. The van der Waals surface area contributed by atoms with Gasteiger partial charge in [-0.05, 0) is 85.1 Å². The van der Waals surface area contributed by atoms with E-state index in [1.807, 2.05) is 0 Å². The Kier molecular flexibility index (Phi) is 31.2. The third kappa shape index (κ3) is 25.2. The van der Waals surface area contributed by atoms with Crippen molar-refractivity contribution in [1.29, 1.82) is 0 Å². The van der Waals surface area contributed by atoms with Crippen LogP contribution in [0.3, 0.4) is 0 Å². The zero-order chi connectivity index (χ0) is 40.5. The van der Waals surface area contributed by atoms with E-state index in [0.29, 0.717) is 25.0 Å². The van der Waals surface area contributed by atoms with Crippen LogP contribution in [0.2, 0.25) is 0 Å². The predicted octanol–water partition coefficient (Wildman–Crippen LogP) is 18.1. The molecule has 0 saturated heterocycles. The Labute approximate surface area is 350 Å². The second-order valence-electron chi connectivity index (χ2n) is 17.9. The molecule has 0 aliphatic carbocycles. The van der Waals surface area contributed by atoms with Crippen molar-refractivity contribution >= 4 is 8.60 Å². The molecular formula is C52H91O3P. The SMILES string of the molecule is CCCCCCCCCCCCCOP(OCCCCCCCCCCCCC)Oc1ccc(C(CCC)c2cccc(CCC(C)C)c2)cc1CCC(C)C. The summed E-state index contributed by atoms with van der Waals surface area (Å²) in [5.41, 5.74) is 5.63. The first kappa shape index (κ1) is 50.7. The average molecular weight is 795 g/mol. The molecule has 0 saturated carbocycles. The first-order valence-electron chi connectivity index (χ1n) is 24.3. The molecule has 3 nitrogen and oxygen atoms in total. The Balaban J connectivity index is 2.06. The van der Waals surface area contributed by atoms with Crippen LogP contribution in [0.5, 0.6) is 5.75 Å². The van der Waals surface area contributed by atoms with Crippen LogP contribution in [0, 0.1) is 11.8 Å². The van der Waals surface area contributed by atoms with Gasteiger partial charge in [0.1, 0.15) is 5.75 Å². The molecule has 0 aromatic heterocycles. The largest absolute Gasteiger partial charge is 0.426 e. The van der Waals surface area contributed by atoms with Crippen LogP contribution in [0.15, 0.2) is 42.5 Å². The third-order valence-electron chi connectivity index (χ3n) is 11.5. The van der Waals surface area contributed by atoms with Gasteiger partial charge in [0.15, 0.2) is 0 Å². The summed E-state index contributed by atoms with van der Waals surface area (Å²) in [4.78, 5) is 0. The van der Waals surface area contributed by atoms with Crippen molar-refractivity contribution in [3.63, 3.8) is 0 Å². The van der Waals surface area contributed by atoms with Crippen molar-refractivity contribution in [2.24, 2.45) is 11.8 Å². The maximum absolute atomic E-state index is 6.77. The minimum atomic E-state index is -1.44. The zero-order valence-corrected chi connectivity index (χ0v) is 39.1. The van der Waals surface area contributed by atoms with E-state index < -0.39 is 8.60 Å². The topological polar surface area (TPSA) is 27.7 Å². The number of hydrogen-bond donors (Lipinski definition) is 0. The number of unbranched alkanes of at least 4 members (excludes halogenated alkanes) is 20. The third-order valence-corrected chi connectivity index (χ3v) is 12.6. The maximum atomic E-state index is 6.77. The van der Waals surface area contributed by atoms with Crippen LogP contribution < -0.4 is 4.52 Å². The molecule has 0 spiro atoms. The highest BCUT2D eigenvalue weighted by Gasteiger charge is 2.21. The van der Waals surface area contributed by atoms with Gasteiger partial charge in [-0.1, -0.05) is 220 Å². The van der Waals surface area contributed by atoms with Crippen LogP contribution in [0.4, 0.5) is 0 Å². The van der Waals surface area contributed by atoms with Gasteiger partial charge < -0.3 is 13.6 Å². The van der Waals surface area contributed by atoms with Crippen molar-refractivity contribution in [1.82, 2.24) is 0 Å². The molecule has 0 amide bonds. The van der Waals surface area contributed by atoms with E-state index in [4.69, 9.17) is 13.6 Å². The summed E-state index contributed by atoms with van der Waals surface area (Å²) in [6, 6.07) is 16.4. The summed E-state index contributed by atoms with van der Waals surface area (Å²) in [6.45, 7) is 17.6. The van der Waals surface area contributed by atoms with Gasteiger partial charge in [-0.3, -0.25) is 0 Å². The first-order chi connectivity index (χ1) is 27.4. The van der Waals surface area contributed by atoms with Gasteiger partial charge in [0.2, 0.25) is 0 Å². The molecule has 0 fully saturated rings. The Morgan fingerprint density at radius 3 is 1.41 bits per heavy atom. The lowest BCUT2D eigenvalue weighted by molar-refractivity contribution is 0.198. The highest BCUT2D eigenvalue weighted by Crippen LogP contribution is 2.44. The Morgan fingerprint density at radius 1 is 0.464 bits per heavy atom. The molecule has 0 aliphatic rings. The Hall–Kier alpha value is -1.41. The van der Waals surface area contributed by atoms with Crippen molar-refractivity contribution in [3.05, 3.63) is 64.7 Å². The molecule has 2 aromatic rings. The van der Waals surface area contributed by atoms with Crippen LogP contribution in [-0.4, -0.2) is 13.2 Å². The summed E-state index contributed by atoms with van der Waals surface area (Å²) in [5.74, 6) is 2.70.